The van der Waals surface area contributed by atoms with Crippen molar-refractivity contribution in [1.29, 1.82) is 5.26 Å². The molecule has 31 heavy (non-hydrogen) atoms. The molecule has 1 aliphatic carbocycles. The van der Waals surface area contributed by atoms with Crippen LogP contribution in [0.1, 0.15) is 38.2 Å². The van der Waals surface area contributed by atoms with Gasteiger partial charge in [0.05, 0.1) is 19.1 Å². The third-order valence-corrected chi connectivity index (χ3v) is 5.76. The second-order valence-electron chi connectivity index (χ2n) is 8.74. The number of benzene rings is 1. The highest BCUT2D eigenvalue weighted by atomic mass is 16.6. The molecule has 8 nitrogen and oxygen atoms in total. The molecule has 1 saturated heterocycles. The van der Waals surface area contributed by atoms with Crippen molar-refractivity contribution in [2.45, 2.75) is 32.6 Å². The molecule has 0 unspecified atom stereocenters. The van der Waals surface area contributed by atoms with Crippen LogP contribution in [0.5, 0.6) is 5.75 Å². The summed E-state index contributed by atoms with van der Waals surface area (Å²) in [5.74, 6) is 0.305. The molecule has 162 valence electrons. The average Bonchev–Trinajstić information content (AvgIpc) is 2.73. The summed E-state index contributed by atoms with van der Waals surface area (Å²) in [6.07, 6.45) is 0.511. The van der Waals surface area contributed by atoms with Crippen molar-refractivity contribution in [2.24, 2.45) is 11.1 Å². The normalized spacial score (nSPS) is 23.1. The highest BCUT2D eigenvalue weighted by Crippen LogP contribution is 2.47. The minimum atomic E-state index is -0.596. The average molecular weight is 423 g/mol. The fraction of sp³-hybridized carbons (Fsp3) is 0.435. The second-order valence-corrected chi connectivity index (χ2v) is 8.74. The molecule has 2 N–H and O–H groups in total. The van der Waals surface area contributed by atoms with Crippen LogP contribution in [-0.4, -0.2) is 43.1 Å². The van der Waals surface area contributed by atoms with Crippen LogP contribution in [0.15, 0.2) is 47.1 Å². The minimum Gasteiger partial charge on any atom is -0.444 e. The number of ether oxygens (including phenoxy) is 3. The smallest absolute Gasteiger partial charge is 0.415 e. The van der Waals surface area contributed by atoms with Gasteiger partial charge in [-0.2, -0.15) is 5.26 Å². The van der Waals surface area contributed by atoms with Gasteiger partial charge >= 0.3 is 6.09 Å². The molecule has 1 amide bonds. The van der Waals surface area contributed by atoms with Crippen molar-refractivity contribution in [3.8, 4) is 11.8 Å². The molecule has 1 atom stereocenters. The number of nitrogens with zero attached hydrogens (tertiary/aromatic N) is 2. The summed E-state index contributed by atoms with van der Waals surface area (Å²) in [6, 6.07) is 8.92. The maximum atomic E-state index is 13.0. The van der Waals surface area contributed by atoms with E-state index in [9.17, 15) is 14.9 Å². The van der Waals surface area contributed by atoms with Crippen molar-refractivity contribution < 1.29 is 23.8 Å². The molecule has 2 heterocycles. The van der Waals surface area contributed by atoms with Crippen LogP contribution in [-0.2, 0) is 14.3 Å². The Bertz CT molecular complexity index is 1010. The van der Waals surface area contributed by atoms with E-state index in [1.165, 1.54) is 0 Å². The number of Topliss-reactive ketones (excluding diaryl/α,β-unsaturated/α-hetero) is 1. The molecule has 8 heteroatoms. The summed E-state index contributed by atoms with van der Waals surface area (Å²) in [5, 5.41) is 9.70. The number of amides is 1. The minimum absolute atomic E-state index is 0.0274. The highest BCUT2D eigenvalue weighted by molar-refractivity contribution is 6.00. The first-order valence-electron chi connectivity index (χ1n) is 10.3. The monoisotopic (exact) mass is 423 g/mol. The van der Waals surface area contributed by atoms with E-state index in [0.717, 1.165) is 5.56 Å². The van der Waals surface area contributed by atoms with E-state index < -0.39 is 12.0 Å². The molecule has 1 aromatic rings. The molecular formula is C23H25N3O5. The van der Waals surface area contributed by atoms with Gasteiger partial charge in [-0.05, 0) is 23.1 Å². The van der Waals surface area contributed by atoms with Crippen molar-refractivity contribution >= 4 is 11.9 Å². The van der Waals surface area contributed by atoms with E-state index in [1.807, 2.05) is 13.8 Å². The molecule has 4 rings (SSSR count). The molecule has 2 aliphatic heterocycles. The van der Waals surface area contributed by atoms with Crippen LogP contribution in [0.4, 0.5) is 4.79 Å². The Balaban J connectivity index is 1.61. The lowest BCUT2D eigenvalue weighted by Gasteiger charge is -2.37. The van der Waals surface area contributed by atoms with Gasteiger partial charge in [0.25, 0.3) is 0 Å². The van der Waals surface area contributed by atoms with Crippen LogP contribution in [0.2, 0.25) is 0 Å². The molecule has 1 fully saturated rings. The van der Waals surface area contributed by atoms with Crippen LogP contribution < -0.4 is 10.5 Å². The molecule has 0 aromatic heterocycles. The Morgan fingerprint density at radius 1 is 1.23 bits per heavy atom. The zero-order chi connectivity index (χ0) is 22.2. The number of rotatable bonds is 2. The van der Waals surface area contributed by atoms with Gasteiger partial charge in [0.2, 0.25) is 5.88 Å². The molecule has 0 spiro atoms. The second kappa shape index (κ2) is 8.08. The van der Waals surface area contributed by atoms with Gasteiger partial charge in [0, 0.05) is 31.5 Å². The van der Waals surface area contributed by atoms with E-state index in [1.54, 1.807) is 29.2 Å². The Hall–Kier alpha value is -3.31. The van der Waals surface area contributed by atoms with Gasteiger partial charge in [-0.15, -0.1) is 0 Å². The number of ketones is 1. The molecule has 0 bridgehead atoms. The number of carbonyl (C=O) groups is 2. The van der Waals surface area contributed by atoms with Crippen molar-refractivity contribution in [3.63, 3.8) is 0 Å². The van der Waals surface area contributed by atoms with Crippen LogP contribution >= 0.6 is 0 Å². The highest BCUT2D eigenvalue weighted by Gasteiger charge is 2.42. The lowest BCUT2D eigenvalue weighted by atomic mass is 9.70. The summed E-state index contributed by atoms with van der Waals surface area (Å²) in [4.78, 5) is 26.9. The number of morpholine rings is 1. The molecule has 3 aliphatic rings. The third-order valence-electron chi connectivity index (χ3n) is 5.76. The van der Waals surface area contributed by atoms with E-state index in [-0.39, 0.29) is 22.7 Å². The number of nitrogens with two attached hydrogens (primary N) is 1. The van der Waals surface area contributed by atoms with Crippen LogP contribution in [0.3, 0.4) is 0 Å². The largest absolute Gasteiger partial charge is 0.444 e. The SMILES string of the molecule is CC1(C)CC(=O)C2=C(C1)OC(N)=C(C#N)[C@H]2c1ccc(OC(=O)N2CCOCC2)cc1. The molecular weight excluding hydrogens is 398 g/mol. The Morgan fingerprint density at radius 3 is 2.55 bits per heavy atom. The van der Waals surface area contributed by atoms with Gasteiger partial charge in [-0.3, -0.25) is 4.79 Å². The number of hydrogen-bond donors (Lipinski definition) is 1. The predicted molar refractivity (Wildman–Crippen MR) is 111 cm³/mol. The van der Waals surface area contributed by atoms with E-state index in [4.69, 9.17) is 19.9 Å². The van der Waals surface area contributed by atoms with E-state index in [2.05, 4.69) is 6.07 Å². The summed E-state index contributed by atoms with van der Waals surface area (Å²) in [7, 11) is 0. The van der Waals surface area contributed by atoms with Gasteiger partial charge in [0.1, 0.15) is 23.2 Å². The quantitative estimate of drug-likeness (QED) is 0.777. The maximum absolute atomic E-state index is 13.0. The van der Waals surface area contributed by atoms with Crippen molar-refractivity contribution in [1.82, 2.24) is 4.90 Å². The van der Waals surface area contributed by atoms with Gasteiger partial charge in [-0.1, -0.05) is 26.0 Å². The number of hydrogen-bond acceptors (Lipinski definition) is 7. The van der Waals surface area contributed by atoms with Gasteiger partial charge < -0.3 is 24.8 Å². The molecule has 0 saturated carbocycles. The zero-order valence-corrected chi connectivity index (χ0v) is 17.6. The van der Waals surface area contributed by atoms with E-state index >= 15 is 0 Å². The summed E-state index contributed by atoms with van der Waals surface area (Å²) in [5.41, 5.74) is 7.23. The first-order chi connectivity index (χ1) is 14.8. The Labute approximate surface area is 180 Å². The number of carbonyl (C=O) groups excluding carboxylic acids is 2. The third kappa shape index (κ3) is 4.14. The van der Waals surface area contributed by atoms with Crippen molar-refractivity contribution in [2.75, 3.05) is 26.3 Å². The number of nitriles is 1. The van der Waals surface area contributed by atoms with Crippen LogP contribution in [0.25, 0.3) is 0 Å². The molecule has 1 aromatic carbocycles. The first kappa shape index (κ1) is 20.9. The lowest BCUT2D eigenvalue weighted by Crippen LogP contribution is -2.42. The first-order valence-corrected chi connectivity index (χ1v) is 10.3. The summed E-state index contributed by atoms with van der Waals surface area (Å²) in [6.45, 7) is 5.97. The van der Waals surface area contributed by atoms with Crippen LogP contribution in [0, 0.1) is 16.7 Å². The van der Waals surface area contributed by atoms with Gasteiger partial charge in [0.15, 0.2) is 5.78 Å². The fourth-order valence-corrected chi connectivity index (χ4v) is 4.26. The topological polar surface area (TPSA) is 115 Å². The Morgan fingerprint density at radius 2 is 1.90 bits per heavy atom. The number of allylic oxidation sites excluding steroid dienone is 3. The predicted octanol–water partition coefficient (Wildman–Crippen LogP) is 2.97. The maximum Gasteiger partial charge on any atom is 0.415 e. The molecule has 0 radical (unpaired) electrons. The van der Waals surface area contributed by atoms with Crippen molar-refractivity contribution in [3.05, 3.63) is 52.6 Å². The Kier molecular flexibility index (Phi) is 5.46. The summed E-state index contributed by atoms with van der Waals surface area (Å²) >= 11 is 0. The standard InChI is InChI=1S/C23H25N3O5/c1-23(2)11-17(27)20-18(12-23)31-21(25)16(13-24)19(20)14-3-5-15(6-4-14)30-22(28)26-7-9-29-10-8-26/h3-6,19H,7-12,25H2,1-2H3/t19-/m1/s1. The zero-order valence-electron chi connectivity index (χ0n) is 17.6. The fourth-order valence-electron chi connectivity index (χ4n) is 4.26. The van der Waals surface area contributed by atoms with Gasteiger partial charge in [-0.25, -0.2) is 4.79 Å². The van der Waals surface area contributed by atoms with E-state index in [0.29, 0.717) is 56.2 Å². The summed E-state index contributed by atoms with van der Waals surface area (Å²) < 4.78 is 16.4. The lowest BCUT2D eigenvalue weighted by molar-refractivity contribution is -0.119.